The fraction of sp³-hybridized carbons (Fsp3) is 0.364. The van der Waals surface area contributed by atoms with Crippen molar-refractivity contribution in [2.45, 2.75) is 50.8 Å². The van der Waals surface area contributed by atoms with Crippen LogP contribution in [0.3, 0.4) is 0 Å². The van der Waals surface area contributed by atoms with E-state index in [9.17, 15) is 23.1 Å². The minimum atomic E-state index is -4.05. The van der Waals surface area contributed by atoms with Crippen LogP contribution >= 0.6 is 0 Å². The zero-order valence-electron chi connectivity index (χ0n) is 18.2. The van der Waals surface area contributed by atoms with Gasteiger partial charge in [0.05, 0.1) is 28.6 Å². The molecule has 3 N–H and O–H groups in total. The molecule has 10 heteroatoms. The van der Waals surface area contributed by atoms with Crippen LogP contribution in [-0.4, -0.2) is 47.8 Å². The van der Waals surface area contributed by atoms with E-state index in [-0.39, 0.29) is 17.2 Å². The van der Waals surface area contributed by atoms with E-state index in [0.29, 0.717) is 18.5 Å². The summed E-state index contributed by atoms with van der Waals surface area (Å²) in [5.41, 5.74) is 2.91. The molecule has 0 bridgehead atoms. The van der Waals surface area contributed by atoms with E-state index < -0.39 is 28.1 Å². The highest BCUT2D eigenvalue weighted by atomic mass is 32.2. The van der Waals surface area contributed by atoms with Crippen LogP contribution in [0.2, 0.25) is 0 Å². The number of sulfonamides is 1. The Hall–Kier alpha value is -2.95. The molecule has 0 fully saturated rings. The fourth-order valence-corrected chi connectivity index (χ4v) is 4.62. The number of aryl methyl sites for hydroxylation is 3. The third kappa shape index (κ3) is 5.26. The number of aliphatic hydroxyl groups is 1. The van der Waals surface area contributed by atoms with Crippen LogP contribution in [-0.2, 0) is 26.1 Å². The molecule has 0 spiro atoms. The van der Waals surface area contributed by atoms with Gasteiger partial charge in [-0.1, -0.05) is 18.2 Å². The van der Waals surface area contributed by atoms with Crippen LogP contribution in [0.1, 0.15) is 24.5 Å². The van der Waals surface area contributed by atoms with Gasteiger partial charge in [0, 0.05) is 6.54 Å². The number of nitrogens with zero attached hydrogens (tertiary/aromatic N) is 1. The van der Waals surface area contributed by atoms with Crippen LogP contribution < -0.4 is 10.4 Å². The van der Waals surface area contributed by atoms with E-state index in [4.69, 9.17) is 4.74 Å². The number of carbonyl (C=O) groups is 1. The summed E-state index contributed by atoms with van der Waals surface area (Å²) in [6.45, 7) is 5.22. The van der Waals surface area contributed by atoms with Gasteiger partial charge < -0.3 is 14.8 Å². The van der Waals surface area contributed by atoms with Gasteiger partial charge in [0.2, 0.25) is 10.0 Å². The Bertz CT molecular complexity index is 1280. The summed E-state index contributed by atoms with van der Waals surface area (Å²) in [5, 5.41) is 9.98. The van der Waals surface area contributed by atoms with Gasteiger partial charge in [-0.2, -0.15) is 4.72 Å². The smallest absolute Gasteiger partial charge is 0.326 e. The molecule has 3 rings (SSSR count). The van der Waals surface area contributed by atoms with Gasteiger partial charge in [-0.3, -0.25) is 9.36 Å². The third-order valence-electron chi connectivity index (χ3n) is 5.26. The molecule has 172 valence electrons. The molecule has 2 unspecified atom stereocenters. The van der Waals surface area contributed by atoms with Crippen molar-refractivity contribution in [2.75, 3.05) is 6.61 Å². The molecule has 3 aromatic rings. The van der Waals surface area contributed by atoms with Crippen molar-refractivity contribution in [1.29, 1.82) is 0 Å². The number of para-hydroxylation sites is 2. The highest BCUT2D eigenvalue weighted by Crippen LogP contribution is 2.16. The van der Waals surface area contributed by atoms with Crippen LogP contribution in [0.15, 0.2) is 52.2 Å². The second-order valence-electron chi connectivity index (χ2n) is 7.71. The van der Waals surface area contributed by atoms with Crippen LogP contribution in [0, 0.1) is 13.8 Å². The first-order valence-corrected chi connectivity index (χ1v) is 11.7. The predicted molar refractivity (Wildman–Crippen MR) is 120 cm³/mol. The summed E-state index contributed by atoms with van der Waals surface area (Å²) in [5.74, 6) is -0.890. The maximum atomic E-state index is 12.7. The first-order valence-electron chi connectivity index (χ1n) is 10.2. The Morgan fingerprint density at radius 1 is 1.19 bits per heavy atom. The monoisotopic (exact) mass is 461 g/mol. The van der Waals surface area contributed by atoms with Crippen molar-refractivity contribution in [2.24, 2.45) is 0 Å². The molecule has 0 aliphatic heterocycles. The van der Waals surface area contributed by atoms with E-state index in [1.807, 2.05) is 25.1 Å². The molecular formula is C22H27N3O6S. The van der Waals surface area contributed by atoms with Crippen LogP contribution in [0.5, 0.6) is 0 Å². The SMILES string of the molecule is Cc1ccc(S(=O)(=O)NC(C(=O)OCCCn2c(=O)[nH]c3ccccc32)C(C)O)cc1C. The Balaban J connectivity index is 1.62. The second kappa shape index (κ2) is 9.68. The molecule has 0 amide bonds. The number of hydrogen-bond acceptors (Lipinski definition) is 6. The minimum Gasteiger partial charge on any atom is -0.464 e. The average molecular weight is 462 g/mol. The van der Waals surface area contributed by atoms with Gasteiger partial charge in [-0.15, -0.1) is 0 Å². The number of H-pyrrole nitrogens is 1. The van der Waals surface area contributed by atoms with E-state index in [0.717, 1.165) is 16.6 Å². The van der Waals surface area contributed by atoms with E-state index in [2.05, 4.69) is 9.71 Å². The molecule has 1 heterocycles. The average Bonchev–Trinajstić information content (AvgIpc) is 3.06. The number of rotatable bonds is 9. The van der Waals surface area contributed by atoms with Gasteiger partial charge in [0.15, 0.2) is 0 Å². The predicted octanol–water partition coefficient (Wildman–Crippen LogP) is 1.61. The number of esters is 1. The molecule has 0 aliphatic carbocycles. The lowest BCUT2D eigenvalue weighted by molar-refractivity contribution is -0.148. The summed E-state index contributed by atoms with van der Waals surface area (Å²) in [4.78, 5) is 27.3. The molecule has 2 aromatic carbocycles. The van der Waals surface area contributed by atoms with Gasteiger partial charge in [0.25, 0.3) is 0 Å². The quantitative estimate of drug-likeness (QED) is 0.328. The Kier molecular flexibility index (Phi) is 7.17. The van der Waals surface area contributed by atoms with Gasteiger partial charge in [-0.05, 0) is 62.6 Å². The number of nitrogens with one attached hydrogen (secondary N) is 2. The molecule has 0 aliphatic rings. The van der Waals surface area contributed by atoms with Gasteiger partial charge >= 0.3 is 11.7 Å². The number of imidazole rings is 1. The molecule has 0 saturated carbocycles. The maximum absolute atomic E-state index is 12.7. The highest BCUT2D eigenvalue weighted by molar-refractivity contribution is 7.89. The van der Waals surface area contributed by atoms with Crippen LogP contribution in [0.4, 0.5) is 0 Å². The van der Waals surface area contributed by atoms with Crippen molar-refractivity contribution in [3.63, 3.8) is 0 Å². The first-order chi connectivity index (χ1) is 15.1. The number of aliphatic hydroxyl groups excluding tert-OH is 1. The standard InChI is InChI=1S/C22H27N3O6S/c1-14-9-10-17(13-15(14)2)32(29,30)24-20(16(3)26)21(27)31-12-6-11-25-19-8-5-4-7-18(19)23-22(25)28/h4-5,7-10,13,16,20,24,26H,6,11-12H2,1-3H3,(H,23,28). The van der Waals surface area contributed by atoms with Crippen LogP contribution in [0.25, 0.3) is 11.0 Å². The third-order valence-corrected chi connectivity index (χ3v) is 6.70. The van der Waals surface area contributed by atoms with Crippen molar-refractivity contribution < 1.29 is 23.1 Å². The van der Waals surface area contributed by atoms with Gasteiger partial charge in [-0.25, -0.2) is 13.2 Å². The maximum Gasteiger partial charge on any atom is 0.326 e. The molecule has 2 atom stereocenters. The molecular weight excluding hydrogens is 434 g/mol. The highest BCUT2D eigenvalue weighted by Gasteiger charge is 2.31. The largest absolute Gasteiger partial charge is 0.464 e. The number of aromatic nitrogens is 2. The summed E-state index contributed by atoms with van der Waals surface area (Å²) in [7, 11) is -4.05. The van der Waals surface area contributed by atoms with Crippen molar-refractivity contribution in [3.05, 3.63) is 64.1 Å². The zero-order valence-corrected chi connectivity index (χ0v) is 19.0. The molecule has 32 heavy (non-hydrogen) atoms. The number of carbonyl (C=O) groups excluding carboxylic acids is 1. The lowest BCUT2D eigenvalue weighted by Gasteiger charge is -2.20. The number of aromatic amines is 1. The number of hydrogen-bond donors (Lipinski definition) is 3. The lowest BCUT2D eigenvalue weighted by atomic mass is 10.1. The number of fused-ring (bicyclic) bond motifs is 1. The first kappa shape index (κ1) is 23.7. The van der Waals surface area contributed by atoms with E-state index >= 15 is 0 Å². The minimum absolute atomic E-state index is 0.00207. The Morgan fingerprint density at radius 3 is 2.59 bits per heavy atom. The fourth-order valence-electron chi connectivity index (χ4n) is 3.27. The number of benzene rings is 2. The van der Waals surface area contributed by atoms with E-state index in [1.165, 1.54) is 23.6 Å². The topological polar surface area (TPSA) is 130 Å². The van der Waals surface area contributed by atoms with Crippen molar-refractivity contribution in [1.82, 2.24) is 14.3 Å². The summed E-state index contributed by atoms with van der Waals surface area (Å²) >= 11 is 0. The zero-order chi connectivity index (χ0) is 23.5. The Morgan fingerprint density at radius 2 is 1.91 bits per heavy atom. The molecule has 0 radical (unpaired) electrons. The van der Waals surface area contributed by atoms with E-state index in [1.54, 1.807) is 19.1 Å². The number of ether oxygens (including phenoxy) is 1. The lowest BCUT2D eigenvalue weighted by Crippen LogP contribution is -2.48. The Labute approximate surface area is 186 Å². The summed E-state index contributed by atoms with van der Waals surface area (Å²) in [6, 6.07) is 10.4. The van der Waals surface area contributed by atoms with Gasteiger partial charge in [0.1, 0.15) is 6.04 Å². The summed E-state index contributed by atoms with van der Waals surface area (Å²) < 4.78 is 34.3. The second-order valence-corrected chi connectivity index (χ2v) is 9.42. The molecule has 0 saturated heterocycles. The summed E-state index contributed by atoms with van der Waals surface area (Å²) in [6.07, 6.45) is -0.968. The van der Waals surface area contributed by atoms with Crippen molar-refractivity contribution >= 4 is 27.0 Å². The van der Waals surface area contributed by atoms with Crippen molar-refractivity contribution in [3.8, 4) is 0 Å². The normalized spacial score (nSPS) is 13.8. The molecule has 1 aromatic heterocycles. The molecule has 9 nitrogen and oxygen atoms in total.